The second kappa shape index (κ2) is 6.16. The Balaban J connectivity index is 0.00000156. The number of likely N-dealkylation sites (tertiary alicyclic amines) is 1. The molecular weight excluding hydrogens is 291 g/mol. The smallest absolute Gasteiger partial charge is 0.125 e. The van der Waals surface area contributed by atoms with E-state index < -0.39 is 0 Å². The highest BCUT2D eigenvalue weighted by atomic mass is 19.1. The number of H-pyrrole nitrogens is 1. The van der Waals surface area contributed by atoms with Gasteiger partial charge in [-0.25, -0.2) is 4.39 Å². The first-order valence-corrected chi connectivity index (χ1v) is 7.70. The third kappa shape index (κ3) is 2.88. The van der Waals surface area contributed by atoms with Crippen LogP contribution in [-0.2, 0) is 0 Å². The Morgan fingerprint density at radius 3 is 2.83 bits per heavy atom. The number of fused-ring (bicyclic) bond motifs is 1. The molecule has 1 saturated heterocycles. The first-order chi connectivity index (χ1) is 10.7. The van der Waals surface area contributed by atoms with E-state index in [1.54, 1.807) is 0 Å². The van der Waals surface area contributed by atoms with Gasteiger partial charge in [0.15, 0.2) is 0 Å². The molecule has 0 spiro atoms. The molecule has 122 valence electrons. The normalized spacial score (nSPS) is 16.6. The minimum atomic E-state index is -0.220. The van der Waals surface area contributed by atoms with Gasteiger partial charge in [-0.05, 0) is 51.2 Å². The summed E-state index contributed by atoms with van der Waals surface area (Å²) in [5.41, 5.74) is 2.98. The van der Waals surface area contributed by atoms with Gasteiger partial charge in [0.25, 0.3) is 0 Å². The summed E-state index contributed by atoms with van der Waals surface area (Å²) in [5, 5.41) is 5.59. The van der Waals surface area contributed by atoms with Gasteiger partial charge >= 0.3 is 0 Å². The van der Waals surface area contributed by atoms with Gasteiger partial charge in [-0.15, -0.1) is 0 Å². The monoisotopic (exact) mass is 314 g/mol. The molecule has 5 heteroatoms. The molecule has 0 atom stereocenters. The van der Waals surface area contributed by atoms with Crippen LogP contribution in [0.4, 0.5) is 4.39 Å². The van der Waals surface area contributed by atoms with Crippen LogP contribution >= 0.6 is 0 Å². The molecule has 0 amide bonds. The minimum absolute atomic E-state index is 0. The fourth-order valence-electron chi connectivity index (χ4n) is 3.27. The SMILES string of the molecule is C.CN1CCC(n2cc(-c3c[nH]c4cc(F)ccc34)cn2)CC1. The number of piperidine rings is 1. The van der Waals surface area contributed by atoms with Crippen LogP contribution in [0.2, 0.25) is 0 Å². The maximum absolute atomic E-state index is 13.3. The molecule has 0 unspecified atom stereocenters. The Kier molecular flexibility index (Phi) is 4.22. The summed E-state index contributed by atoms with van der Waals surface area (Å²) in [7, 11) is 2.16. The van der Waals surface area contributed by atoms with Gasteiger partial charge in [0.05, 0.1) is 12.2 Å². The maximum Gasteiger partial charge on any atom is 0.125 e. The van der Waals surface area contributed by atoms with Crippen molar-refractivity contribution in [3.05, 3.63) is 42.6 Å². The largest absolute Gasteiger partial charge is 0.360 e. The number of nitrogens with zero attached hydrogens (tertiary/aromatic N) is 3. The summed E-state index contributed by atoms with van der Waals surface area (Å²) >= 11 is 0. The standard InChI is InChI=1S/C17H19FN4.CH4/c1-21-6-4-14(5-7-21)22-11-12(9-20-22)16-10-19-17-8-13(18)2-3-15(16)17;/h2-3,8-11,14,19H,4-7H2,1H3;1H4. The summed E-state index contributed by atoms with van der Waals surface area (Å²) < 4.78 is 15.4. The zero-order valence-electron chi connectivity index (χ0n) is 12.6. The maximum atomic E-state index is 13.3. The summed E-state index contributed by atoms with van der Waals surface area (Å²) in [4.78, 5) is 5.49. The highest BCUT2D eigenvalue weighted by Crippen LogP contribution is 2.30. The van der Waals surface area contributed by atoms with Gasteiger partial charge in [0, 0.05) is 34.4 Å². The molecule has 3 heterocycles. The highest BCUT2D eigenvalue weighted by molar-refractivity contribution is 5.95. The number of benzene rings is 1. The molecule has 1 aliphatic rings. The van der Waals surface area contributed by atoms with E-state index in [2.05, 4.69) is 32.9 Å². The molecule has 1 aromatic carbocycles. The molecule has 0 bridgehead atoms. The Morgan fingerprint density at radius 1 is 1.26 bits per heavy atom. The van der Waals surface area contributed by atoms with Crippen LogP contribution in [0.3, 0.4) is 0 Å². The minimum Gasteiger partial charge on any atom is -0.360 e. The Labute approximate surface area is 135 Å². The second-order valence-corrected chi connectivity index (χ2v) is 6.14. The molecule has 1 N–H and O–H groups in total. The average Bonchev–Trinajstić information content (AvgIpc) is 3.13. The van der Waals surface area contributed by atoms with Crippen LogP contribution in [0, 0.1) is 5.82 Å². The molecule has 0 aliphatic carbocycles. The van der Waals surface area contributed by atoms with Crippen LogP contribution in [0.25, 0.3) is 22.0 Å². The summed E-state index contributed by atoms with van der Waals surface area (Å²) in [6.07, 6.45) is 8.22. The number of aromatic nitrogens is 3. The zero-order chi connectivity index (χ0) is 15.1. The van der Waals surface area contributed by atoms with Gasteiger partial charge < -0.3 is 9.88 Å². The van der Waals surface area contributed by atoms with Crippen LogP contribution in [0.1, 0.15) is 26.3 Å². The van der Waals surface area contributed by atoms with E-state index in [1.165, 1.54) is 12.1 Å². The van der Waals surface area contributed by atoms with Gasteiger partial charge in [0.2, 0.25) is 0 Å². The average molecular weight is 314 g/mol. The van der Waals surface area contributed by atoms with Gasteiger partial charge in [-0.2, -0.15) is 5.10 Å². The van der Waals surface area contributed by atoms with Crippen LogP contribution in [-0.4, -0.2) is 39.8 Å². The molecule has 4 rings (SSSR count). The summed E-state index contributed by atoms with van der Waals surface area (Å²) in [6.45, 7) is 2.23. The predicted molar refractivity (Wildman–Crippen MR) is 92.0 cm³/mol. The lowest BCUT2D eigenvalue weighted by Crippen LogP contribution is -2.31. The van der Waals surface area contributed by atoms with Crippen molar-refractivity contribution < 1.29 is 4.39 Å². The molecule has 0 radical (unpaired) electrons. The first kappa shape index (κ1) is 15.7. The fourth-order valence-corrected chi connectivity index (χ4v) is 3.27. The Bertz CT molecular complexity index is 796. The number of nitrogens with one attached hydrogen (secondary N) is 1. The third-order valence-electron chi connectivity index (χ3n) is 4.62. The van der Waals surface area contributed by atoms with Crippen LogP contribution in [0.15, 0.2) is 36.8 Å². The Morgan fingerprint density at radius 2 is 2.04 bits per heavy atom. The number of halogens is 1. The van der Waals surface area contributed by atoms with E-state index in [-0.39, 0.29) is 13.2 Å². The van der Waals surface area contributed by atoms with E-state index in [1.807, 2.05) is 18.5 Å². The summed E-state index contributed by atoms with van der Waals surface area (Å²) in [6, 6.07) is 5.33. The molecule has 4 nitrogen and oxygen atoms in total. The molecule has 0 saturated carbocycles. The van der Waals surface area contributed by atoms with Crippen molar-refractivity contribution in [1.29, 1.82) is 0 Å². The van der Waals surface area contributed by atoms with Crippen molar-refractivity contribution in [1.82, 2.24) is 19.7 Å². The molecule has 3 aromatic rings. The van der Waals surface area contributed by atoms with Crippen molar-refractivity contribution in [2.24, 2.45) is 0 Å². The lowest BCUT2D eigenvalue weighted by molar-refractivity contribution is 0.212. The van der Waals surface area contributed by atoms with Crippen molar-refractivity contribution in [3.8, 4) is 11.1 Å². The molecular formula is C18H23FN4. The molecule has 2 aromatic heterocycles. The topological polar surface area (TPSA) is 36.9 Å². The molecule has 23 heavy (non-hydrogen) atoms. The number of hydrogen-bond acceptors (Lipinski definition) is 2. The fraction of sp³-hybridized carbons (Fsp3) is 0.389. The van der Waals surface area contributed by atoms with Crippen molar-refractivity contribution in [2.45, 2.75) is 26.3 Å². The third-order valence-corrected chi connectivity index (χ3v) is 4.62. The number of aromatic amines is 1. The van der Waals surface area contributed by atoms with Crippen LogP contribution in [0.5, 0.6) is 0 Å². The van der Waals surface area contributed by atoms with Gasteiger partial charge in [-0.3, -0.25) is 4.68 Å². The van der Waals surface area contributed by atoms with E-state index >= 15 is 0 Å². The first-order valence-electron chi connectivity index (χ1n) is 7.70. The summed E-state index contributed by atoms with van der Waals surface area (Å²) in [5.74, 6) is -0.220. The lowest BCUT2D eigenvalue weighted by atomic mass is 10.1. The van der Waals surface area contributed by atoms with Crippen molar-refractivity contribution in [3.63, 3.8) is 0 Å². The number of hydrogen-bond donors (Lipinski definition) is 1. The van der Waals surface area contributed by atoms with Gasteiger partial charge in [-0.1, -0.05) is 7.43 Å². The van der Waals surface area contributed by atoms with E-state index in [0.29, 0.717) is 6.04 Å². The number of rotatable bonds is 2. The quantitative estimate of drug-likeness (QED) is 0.774. The van der Waals surface area contributed by atoms with E-state index in [4.69, 9.17) is 0 Å². The van der Waals surface area contributed by atoms with E-state index in [0.717, 1.165) is 48.0 Å². The van der Waals surface area contributed by atoms with Crippen molar-refractivity contribution in [2.75, 3.05) is 20.1 Å². The lowest BCUT2D eigenvalue weighted by Gasteiger charge is -2.28. The highest BCUT2D eigenvalue weighted by Gasteiger charge is 2.19. The van der Waals surface area contributed by atoms with Gasteiger partial charge in [0.1, 0.15) is 5.82 Å². The Hall–Kier alpha value is -2.14. The van der Waals surface area contributed by atoms with Crippen molar-refractivity contribution >= 4 is 10.9 Å². The van der Waals surface area contributed by atoms with Crippen LogP contribution < -0.4 is 0 Å². The zero-order valence-corrected chi connectivity index (χ0v) is 12.6. The van der Waals surface area contributed by atoms with E-state index in [9.17, 15) is 4.39 Å². The predicted octanol–water partition coefficient (Wildman–Crippen LogP) is 4.07. The molecule has 1 aliphatic heterocycles. The second-order valence-electron chi connectivity index (χ2n) is 6.14. The molecule has 1 fully saturated rings.